The van der Waals surface area contributed by atoms with Crippen LogP contribution in [0.5, 0.6) is 0 Å². The fourth-order valence-electron chi connectivity index (χ4n) is 1.46. The molecule has 0 radical (unpaired) electrons. The lowest BCUT2D eigenvalue weighted by Gasteiger charge is -2.26. The van der Waals surface area contributed by atoms with Crippen LogP contribution in [0.2, 0.25) is 0 Å². The van der Waals surface area contributed by atoms with Crippen molar-refractivity contribution in [3.8, 4) is 0 Å². The summed E-state index contributed by atoms with van der Waals surface area (Å²) in [6.07, 6.45) is 0. The van der Waals surface area contributed by atoms with Crippen molar-refractivity contribution in [3.63, 3.8) is 0 Å². The normalized spacial score (nSPS) is 12.5. The Balaban J connectivity index is 2.77. The number of alkyl halides is 2. The van der Waals surface area contributed by atoms with Gasteiger partial charge in [-0.25, -0.2) is 8.78 Å². The number of anilines is 1. The van der Waals surface area contributed by atoms with Crippen LogP contribution in [0.1, 0.15) is 13.8 Å². The van der Waals surface area contributed by atoms with Gasteiger partial charge < -0.3 is 13.9 Å². The molecule has 0 atom stereocenters. The molecule has 0 N–H and O–H groups in total. The van der Waals surface area contributed by atoms with Gasteiger partial charge in [-0.15, -0.1) is 5.12 Å². The average molecular weight is 345 g/mol. The van der Waals surface area contributed by atoms with Crippen LogP contribution in [0, 0.1) is 11.6 Å². The number of halogens is 5. The van der Waals surface area contributed by atoms with E-state index in [-0.39, 0.29) is 13.2 Å². The molecule has 0 heterocycles. The first-order valence-electron chi connectivity index (χ1n) is 6.46. The standard InChI is InChI=1S/C12H16F5NO3Si/c1-3-19-11(20-4-2)21-22-12(15,16)18(17)9-7-5-6-8(13)10(9)14/h5-7,11H,3-4,22H2,1-2H3. The third-order valence-electron chi connectivity index (χ3n) is 2.43. The topological polar surface area (TPSA) is 30.9 Å². The van der Waals surface area contributed by atoms with Gasteiger partial charge in [0.2, 0.25) is 0 Å². The van der Waals surface area contributed by atoms with Gasteiger partial charge in [-0.3, -0.25) is 0 Å². The number of hydrogen-bond acceptors (Lipinski definition) is 4. The molecule has 0 aromatic heterocycles. The van der Waals surface area contributed by atoms with Crippen LogP contribution >= 0.6 is 0 Å². The highest BCUT2D eigenvalue weighted by Gasteiger charge is 2.42. The maximum absolute atomic E-state index is 13.7. The van der Waals surface area contributed by atoms with E-state index in [4.69, 9.17) is 13.9 Å². The van der Waals surface area contributed by atoms with E-state index in [0.717, 1.165) is 6.07 Å². The summed E-state index contributed by atoms with van der Waals surface area (Å²) in [6.45, 7) is 2.13. The lowest BCUT2D eigenvalue weighted by Crippen LogP contribution is -2.45. The molecule has 0 unspecified atom stereocenters. The molecule has 0 bridgehead atoms. The van der Waals surface area contributed by atoms with Gasteiger partial charge in [0.1, 0.15) is 5.69 Å². The number of ether oxygens (including phenoxy) is 2. The van der Waals surface area contributed by atoms with Gasteiger partial charge in [0.05, 0.1) is 0 Å². The van der Waals surface area contributed by atoms with Gasteiger partial charge in [0.25, 0.3) is 16.2 Å². The van der Waals surface area contributed by atoms with E-state index in [1.54, 1.807) is 13.8 Å². The zero-order chi connectivity index (χ0) is 16.8. The average Bonchev–Trinajstić information content (AvgIpc) is 2.47. The van der Waals surface area contributed by atoms with E-state index in [9.17, 15) is 22.0 Å². The Hall–Kier alpha value is -1.23. The van der Waals surface area contributed by atoms with Crippen molar-refractivity contribution >= 4 is 15.5 Å². The largest absolute Gasteiger partial charge is 0.369 e. The summed E-state index contributed by atoms with van der Waals surface area (Å²) >= 11 is 0. The van der Waals surface area contributed by atoms with E-state index in [2.05, 4.69) is 0 Å². The molecule has 126 valence electrons. The van der Waals surface area contributed by atoms with Crippen molar-refractivity contribution in [3.05, 3.63) is 29.8 Å². The van der Waals surface area contributed by atoms with E-state index in [0.29, 0.717) is 12.1 Å². The van der Waals surface area contributed by atoms with Crippen molar-refractivity contribution in [1.82, 2.24) is 0 Å². The van der Waals surface area contributed by atoms with Gasteiger partial charge in [0, 0.05) is 13.2 Å². The minimum atomic E-state index is -4.11. The Morgan fingerprint density at radius 1 is 1.18 bits per heavy atom. The van der Waals surface area contributed by atoms with Crippen LogP contribution in [-0.2, 0) is 13.9 Å². The molecule has 10 heteroatoms. The van der Waals surface area contributed by atoms with Gasteiger partial charge in [-0.2, -0.15) is 8.78 Å². The van der Waals surface area contributed by atoms with Gasteiger partial charge >= 0.3 is 5.67 Å². The highest BCUT2D eigenvalue weighted by atomic mass is 28.2. The lowest BCUT2D eigenvalue weighted by molar-refractivity contribution is -0.247. The molecule has 1 rings (SSSR count). The first-order valence-corrected chi connectivity index (χ1v) is 7.74. The number of rotatable bonds is 9. The molecular formula is C12H16F5NO3Si. The Kier molecular flexibility index (Phi) is 7.19. The molecule has 0 aliphatic carbocycles. The van der Waals surface area contributed by atoms with Gasteiger partial charge in [0.15, 0.2) is 11.6 Å². The summed E-state index contributed by atoms with van der Waals surface area (Å²) in [6, 6.07) is 2.31. The molecule has 0 fully saturated rings. The van der Waals surface area contributed by atoms with Crippen LogP contribution in [0.3, 0.4) is 0 Å². The Morgan fingerprint density at radius 3 is 2.32 bits per heavy atom. The highest BCUT2D eigenvalue weighted by Crippen LogP contribution is 2.30. The quantitative estimate of drug-likeness (QED) is 0.226. The highest BCUT2D eigenvalue weighted by molar-refractivity contribution is 6.31. The van der Waals surface area contributed by atoms with Crippen molar-refractivity contribution in [2.45, 2.75) is 26.0 Å². The minimum Gasteiger partial charge on any atom is -0.369 e. The van der Waals surface area contributed by atoms with Crippen molar-refractivity contribution < 1.29 is 35.9 Å². The SMILES string of the molecule is CCOC(OCC)O[SiH2]C(F)(F)N(F)c1cccc(F)c1F. The molecule has 4 nitrogen and oxygen atoms in total. The second-order valence-corrected chi connectivity index (χ2v) is 5.50. The molecule has 0 saturated carbocycles. The molecule has 0 amide bonds. The summed E-state index contributed by atoms with van der Waals surface area (Å²) in [7, 11) is -2.89. The summed E-state index contributed by atoms with van der Waals surface area (Å²) in [5.74, 6) is -3.13. The van der Waals surface area contributed by atoms with Crippen LogP contribution in [0.25, 0.3) is 0 Å². The maximum Gasteiger partial charge on any atom is 0.346 e. The first-order chi connectivity index (χ1) is 10.3. The van der Waals surface area contributed by atoms with Crippen LogP contribution < -0.4 is 5.12 Å². The van der Waals surface area contributed by atoms with Gasteiger partial charge in [-0.05, 0) is 26.0 Å². The third kappa shape index (κ3) is 4.90. The summed E-state index contributed by atoms with van der Waals surface area (Å²) < 4.78 is 82.1. The Bertz CT molecular complexity index is 474. The van der Waals surface area contributed by atoms with Crippen LogP contribution in [0.4, 0.5) is 27.7 Å². The zero-order valence-corrected chi connectivity index (χ0v) is 13.4. The predicted molar refractivity (Wildman–Crippen MR) is 71.6 cm³/mol. The second kappa shape index (κ2) is 8.41. The molecule has 0 spiro atoms. The van der Waals surface area contributed by atoms with Crippen LogP contribution in [0.15, 0.2) is 18.2 Å². The Morgan fingerprint density at radius 2 is 1.77 bits per heavy atom. The van der Waals surface area contributed by atoms with E-state index in [1.807, 2.05) is 0 Å². The van der Waals surface area contributed by atoms with Crippen molar-refractivity contribution in [2.24, 2.45) is 0 Å². The molecule has 0 aliphatic heterocycles. The zero-order valence-electron chi connectivity index (χ0n) is 12.0. The first kappa shape index (κ1) is 18.8. The monoisotopic (exact) mass is 345 g/mol. The fraction of sp³-hybridized carbons (Fsp3) is 0.500. The predicted octanol–water partition coefficient (Wildman–Crippen LogP) is 2.66. The molecule has 0 saturated heterocycles. The van der Waals surface area contributed by atoms with Crippen molar-refractivity contribution in [1.29, 1.82) is 0 Å². The number of hydrogen-bond donors (Lipinski definition) is 0. The second-order valence-electron chi connectivity index (χ2n) is 4.03. The third-order valence-corrected chi connectivity index (χ3v) is 3.49. The maximum atomic E-state index is 13.7. The smallest absolute Gasteiger partial charge is 0.346 e. The fourth-order valence-corrected chi connectivity index (χ4v) is 2.27. The molecule has 0 aliphatic rings. The Labute approximate surface area is 126 Å². The molecule has 1 aromatic carbocycles. The summed E-state index contributed by atoms with van der Waals surface area (Å²) in [4.78, 5) is 0. The summed E-state index contributed by atoms with van der Waals surface area (Å²) in [5, 5.41) is -1.13. The number of nitrogens with zero attached hydrogens (tertiary/aromatic N) is 1. The molecule has 22 heavy (non-hydrogen) atoms. The van der Waals surface area contributed by atoms with Crippen LogP contribution in [-0.4, -0.2) is 35.1 Å². The molecular weight excluding hydrogens is 329 g/mol. The van der Waals surface area contributed by atoms with Gasteiger partial charge in [-0.1, -0.05) is 10.5 Å². The van der Waals surface area contributed by atoms with E-state index in [1.165, 1.54) is 0 Å². The minimum absolute atomic E-state index is 0.141. The van der Waals surface area contributed by atoms with Crippen molar-refractivity contribution in [2.75, 3.05) is 18.3 Å². The number of benzene rings is 1. The lowest BCUT2D eigenvalue weighted by atomic mass is 10.3. The van der Waals surface area contributed by atoms with E-state index < -0.39 is 44.4 Å². The van der Waals surface area contributed by atoms with E-state index >= 15 is 0 Å². The molecule has 1 aromatic rings. The summed E-state index contributed by atoms with van der Waals surface area (Å²) in [5.41, 5.74) is -5.31.